The minimum Gasteiger partial charge on any atom is -0.343 e. The summed E-state index contributed by atoms with van der Waals surface area (Å²) in [5.74, 6) is -1.54. The summed E-state index contributed by atoms with van der Waals surface area (Å²) in [5, 5.41) is 2.94. The molecule has 4 aliphatic rings. The van der Waals surface area contributed by atoms with Crippen LogP contribution in [0.25, 0.3) is 0 Å². The summed E-state index contributed by atoms with van der Waals surface area (Å²) in [4.78, 5) is 48.1. The first-order valence-electron chi connectivity index (χ1n) is 17.2. The molecule has 4 aliphatic heterocycles. The number of anilines is 1. The van der Waals surface area contributed by atoms with Crippen LogP contribution in [0.3, 0.4) is 0 Å². The Labute approximate surface area is 279 Å². The number of fused-ring (bicyclic) bond motifs is 1. The number of carbonyl (C=O) groups is 3. The third kappa shape index (κ3) is 7.79. The Hall–Kier alpha value is -3.67. The first-order valence-corrected chi connectivity index (χ1v) is 17.2. The minimum absolute atomic E-state index is 0.0503. The van der Waals surface area contributed by atoms with E-state index in [1.807, 2.05) is 24.3 Å². The Kier molecular flexibility index (Phi) is 10.3. The summed E-state index contributed by atoms with van der Waals surface area (Å²) < 4.78 is 54.7. The number of amides is 4. The number of hydrogen-bond donors (Lipinski definition) is 1. The van der Waals surface area contributed by atoms with E-state index in [1.165, 1.54) is 6.07 Å². The van der Waals surface area contributed by atoms with E-state index in [0.29, 0.717) is 57.4 Å². The zero-order chi connectivity index (χ0) is 34.0. The summed E-state index contributed by atoms with van der Waals surface area (Å²) in [6.45, 7) is 4.57. The monoisotopic (exact) mass is 671 g/mol. The van der Waals surface area contributed by atoms with Gasteiger partial charge in [-0.1, -0.05) is 24.3 Å². The van der Waals surface area contributed by atoms with Crippen molar-refractivity contribution in [1.82, 2.24) is 19.6 Å². The number of nitrogens with one attached hydrogen (secondary N) is 1. The number of likely N-dealkylation sites (tertiary alicyclic amines) is 3. The van der Waals surface area contributed by atoms with Gasteiger partial charge in [0.05, 0.1) is 11.5 Å². The Balaban J connectivity index is 1.11. The van der Waals surface area contributed by atoms with Crippen molar-refractivity contribution in [1.29, 1.82) is 0 Å². The Morgan fingerprint density at radius 1 is 0.875 bits per heavy atom. The lowest BCUT2D eigenvalue weighted by Gasteiger charge is -2.41. The van der Waals surface area contributed by atoms with E-state index in [2.05, 4.69) is 17.3 Å². The van der Waals surface area contributed by atoms with E-state index < -0.39 is 23.5 Å². The van der Waals surface area contributed by atoms with Crippen LogP contribution in [0.5, 0.6) is 0 Å². The number of rotatable bonds is 7. The molecule has 0 saturated carbocycles. The predicted octanol–water partition coefficient (Wildman–Crippen LogP) is 6.01. The molecule has 2 aromatic carbocycles. The maximum Gasteiger partial charge on any atom is 0.419 e. The number of carbonyl (C=O) groups excluding carboxylic acids is 3. The molecule has 1 atom stereocenters. The van der Waals surface area contributed by atoms with Crippen molar-refractivity contribution in [3.8, 4) is 0 Å². The third-order valence-electron chi connectivity index (χ3n) is 11.0. The van der Waals surface area contributed by atoms with Crippen LogP contribution in [-0.2, 0) is 28.7 Å². The van der Waals surface area contributed by atoms with Crippen LogP contribution in [-0.4, -0.2) is 89.8 Å². The number of benzene rings is 2. The molecule has 12 heteroatoms. The molecule has 48 heavy (non-hydrogen) atoms. The fraction of sp³-hybridized carbons (Fsp3) is 0.583. The smallest absolute Gasteiger partial charge is 0.343 e. The zero-order valence-corrected chi connectivity index (χ0v) is 27.5. The van der Waals surface area contributed by atoms with Crippen molar-refractivity contribution in [3.05, 3.63) is 65.0 Å². The van der Waals surface area contributed by atoms with Gasteiger partial charge in [-0.2, -0.15) is 13.2 Å². The summed E-state index contributed by atoms with van der Waals surface area (Å²) in [6, 6.07) is 10.3. The van der Waals surface area contributed by atoms with Gasteiger partial charge in [-0.15, -0.1) is 0 Å². The summed E-state index contributed by atoms with van der Waals surface area (Å²) in [6.07, 6.45) is 0.0869. The molecule has 4 amide bonds. The molecule has 6 rings (SSSR count). The van der Waals surface area contributed by atoms with Gasteiger partial charge in [0.1, 0.15) is 5.82 Å². The van der Waals surface area contributed by atoms with Gasteiger partial charge in [0.2, 0.25) is 11.8 Å². The van der Waals surface area contributed by atoms with Crippen molar-refractivity contribution in [2.45, 2.75) is 70.1 Å². The Morgan fingerprint density at radius 2 is 1.50 bits per heavy atom. The lowest BCUT2D eigenvalue weighted by molar-refractivity contribution is -0.143. The summed E-state index contributed by atoms with van der Waals surface area (Å²) in [5.41, 5.74) is 0.632. The van der Waals surface area contributed by atoms with E-state index in [0.717, 1.165) is 62.2 Å². The van der Waals surface area contributed by atoms with Gasteiger partial charge >= 0.3 is 12.2 Å². The molecule has 260 valence electrons. The van der Waals surface area contributed by atoms with Gasteiger partial charge in [0.15, 0.2) is 0 Å². The third-order valence-corrected chi connectivity index (χ3v) is 11.0. The molecule has 2 aromatic rings. The van der Waals surface area contributed by atoms with Gasteiger partial charge in [0, 0.05) is 50.9 Å². The molecule has 4 heterocycles. The number of urea groups is 1. The van der Waals surface area contributed by atoms with Crippen LogP contribution in [0.15, 0.2) is 42.5 Å². The average molecular weight is 672 g/mol. The van der Waals surface area contributed by atoms with E-state index in [9.17, 15) is 31.9 Å². The normalized spacial score (nSPS) is 21.2. The predicted molar refractivity (Wildman–Crippen MR) is 173 cm³/mol. The van der Waals surface area contributed by atoms with Crippen LogP contribution >= 0.6 is 0 Å². The largest absolute Gasteiger partial charge is 0.419 e. The minimum atomic E-state index is -4.87. The van der Waals surface area contributed by atoms with Crippen molar-refractivity contribution in [2.24, 2.45) is 17.8 Å². The number of nitrogens with zero attached hydrogens (tertiary/aromatic N) is 4. The Bertz CT molecular complexity index is 1480. The molecular weight excluding hydrogens is 626 g/mol. The Morgan fingerprint density at radius 3 is 2.17 bits per heavy atom. The van der Waals surface area contributed by atoms with Crippen molar-refractivity contribution >= 4 is 23.5 Å². The van der Waals surface area contributed by atoms with Gasteiger partial charge in [-0.25, -0.2) is 9.18 Å². The number of piperidine rings is 3. The molecule has 1 unspecified atom stereocenters. The SMILES string of the molecule is CN1CCC(C2CCN(C(=O)C(CC(=O)N3CCC(N4Cc5ccccc5NC4=O)CC3)Cc3ccc(F)c(C(F)(F)F)c3)CC2)CC1. The maximum atomic E-state index is 14.1. The first-order chi connectivity index (χ1) is 23.0. The van der Waals surface area contributed by atoms with Gasteiger partial charge < -0.3 is 24.9 Å². The number of alkyl halides is 3. The fourth-order valence-electron chi connectivity index (χ4n) is 8.08. The number of para-hydroxylation sites is 1. The van der Waals surface area contributed by atoms with Crippen LogP contribution in [0.4, 0.5) is 28.0 Å². The highest BCUT2D eigenvalue weighted by Gasteiger charge is 2.38. The second kappa shape index (κ2) is 14.4. The van der Waals surface area contributed by atoms with Crippen LogP contribution < -0.4 is 5.32 Å². The summed E-state index contributed by atoms with van der Waals surface area (Å²) in [7, 11) is 2.13. The quantitative estimate of drug-likeness (QED) is 0.366. The van der Waals surface area contributed by atoms with Crippen LogP contribution in [0, 0.1) is 23.6 Å². The molecule has 0 aromatic heterocycles. The lowest BCUT2D eigenvalue weighted by Crippen LogP contribution is -2.51. The second-order valence-electron chi connectivity index (χ2n) is 14.0. The molecule has 0 radical (unpaired) electrons. The van der Waals surface area contributed by atoms with Crippen molar-refractivity contribution in [3.63, 3.8) is 0 Å². The van der Waals surface area contributed by atoms with E-state index in [4.69, 9.17) is 0 Å². The second-order valence-corrected chi connectivity index (χ2v) is 14.0. The molecule has 0 spiro atoms. The molecule has 3 fully saturated rings. The van der Waals surface area contributed by atoms with E-state index >= 15 is 0 Å². The van der Waals surface area contributed by atoms with Gasteiger partial charge in [-0.05, 0) is 106 Å². The van der Waals surface area contributed by atoms with Crippen LogP contribution in [0.2, 0.25) is 0 Å². The van der Waals surface area contributed by atoms with Gasteiger partial charge in [-0.3, -0.25) is 9.59 Å². The molecule has 0 bridgehead atoms. The van der Waals surface area contributed by atoms with Crippen molar-refractivity contribution < 1.29 is 31.9 Å². The lowest BCUT2D eigenvalue weighted by atomic mass is 9.78. The topological polar surface area (TPSA) is 76.2 Å². The number of halogens is 4. The highest BCUT2D eigenvalue weighted by atomic mass is 19.4. The fourth-order valence-corrected chi connectivity index (χ4v) is 8.08. The standard InChI is InChI=1S/C36H45F4N5O3/c1-42-14-8-25(9-15-42)26-10-16-44(17-11-26)34(47)28(20-24-6-7-31(37)30(21-24)36(38,39)40)22-33(46)43-18-12-29(13-19-43)45-23-27-4-2-3-5-32(27)41-35(45)48/h2-7,21,25-26,28-29H,8-20,22-23H2,1H3,(H,41,48). The molecule has 3 saturated heterocycles. The molecule has 0 aliphatic carbocycles. The van der Waals surface area contributed by atoms with Crippen molar-refractivity contribution in [2.75, 3.05) is 51.6 Å². The van der Waals surface area contributed by atoms with Crippen LogP contribution in [0.1, 0.15) is 61.6 Å². The average Bonchev–Trinajstić information content (AvgIpc) is 3.08. The molecule has 8 nitrogen and oxygen atoms in total. The maximum absolute atomic E-state index is 14.1. The van der Waals surface area contributed by atoms with Gasteiger partial charge in [0.25, 0.3) is 0 Å². The molecule has 1 N–H and O–H groups in total. The van der Waals surface area contributed by atoms with E-state index in [1.54, 1.807) is 14.7 Å². The summed E-state index contributed by atoms with van der Waals surface area (Å²) >= 11 is 0. The highest BCUT2D eigenvalue weighted by molar-refractivity contribution is 5.92. The van der Waals surface area contributed by atoms with E-state index in [-0.39, 0.29) is 42.3 Å². The highest BCUT2D eigenvalue weighted by Crippen LogP contribution is 2.35. The zero-order valence-electron chi connectivity index (χ0n) is 27.5. The molecular formula is C36H45F4N5O3. The first kappa shape index (κ1) is 34.2. The number of hydrogen-bond acceptors (Lipinski definition) is 4.